The summed E-state index contributed by atoms with van der Waals surface area (Å²) in [6.45, 7) is 3.88. The number of nitrogens with two attached hydrogens (primary N) is 1. The second-order valence-corrected chi connectivity index (χ2v) is 2.13. The third kappa shape index (κ3) is 1.47. The van der Waals surface area contributed by atoms with Crippen molar-refractivity contribution in [1.29, 1.82) is 0 Å². The summed E-state index contributed by atoms with van der Waals surface area (Å²) >= 11 is 0. The van der Waals surface area contributed by atoms with Crippen molar-refractivity contribution in [2.75, 3.05) is 5.73 Å². The molecule has 2 nitrogen and oxygen atoms in total. The molecule has 0 aliphatic rings. The summed E-state index contributed by atoms with van der Waals surface area (Å²) in [5.74, 6) is 0. The van der Waals surface area contributed by atoms with Crippen LogP contribution in [-0.2, 0) is 0 Å². The average Bonchev–Trinajstić information content (AvgIpc) is 1.83. The van der Waals surface area contributed by atoms with E-state index in [1.54, 1.807) is 6.20 Å². The molecule has 0 atom stereocenters. The predicted molar refractivity (Wildman–Crippen MR) is 44.9 cm³/mol. The highest BCUT2D eigenvalue weighted by molar-refractivity contribution is 5.48. The molecule has 0 saturated heterocycles. The molecule has 10 heavy (non-hydrogen) atoms. The third-order valence-electron chi connectivity index (χ3n) is 1.41. The van der Waals surface area contributed by atoms with Crippen molar-refractivity contribution in [3.8, 4) is 0 Å². The minimum atomic E-state index is 0. The van der Waals surface area contributed by atoms with Gasteiger partial charge in [-0.15, -0.1) is 0 Å². The highest BCUT2D eigenvalue weighted by Crippen LogP contribution is 2.10. The van der Waals surface area contributed by atoms with Crippen molar-refractivity contribution in [2.24, 2.45) is 0 Å². The van der Waals surface area contributed by atoms with Crippen LogP contribution in [0.15, 0.2) is 12.3 Å². The molecule has 1 heterocycles. The van der Waals surface area contributed by atoms with E-state index in [9.17, 15) is 0 Å². The third-order valence-corrected chi connectivity index (χ3v) is 1.41. The van der Waals surface area contributed by atoms with Gasteiger partial charge in [-0.3, -0.25) is 4.98 Å². The van der Waals surface area contributed by atoms with Crippen LogP contribution in [0.1, 0.15) is 18.7 Å². The molecule has 0 radical (unpaired) electrons. The van der Waals surface area contributed by atoms with Gasteiger partial charge in [-0.1, -0.05) is 7.43 Å². The fourth-order valence-electron chi connectivity index (χ4n) is 0.706. The molecule has 0 unspecified atom stereocenters. The van der Waals surface area contributed by atoms with Crippen LogP contribution >= 0.6 is 0 Å². The number of hydrogen-bond donors (Lipinski definition) is 1. The Morgan fingerprint density at radius 2 is 2.00 bits per heavy atom. The van der Waals surface area contributed by atoms with Gasteiger partial charge in [-0.25, -0.2) is 0 Å². The maximum Gasteiger partial charge on any atom is 0.0604 e. The minimum absolute atomic E-state index is 0. The van der Waals surface area contributed by atoms with E-state index >= 15 is 0 Å². The second-order valence-electron chi connectivity index (χ2n) is 2.13. The molecule has 56 valence electrons. The van der Waals surface area contributed by atoms with E-state index in [2.05, 4.69) is 4.98 Å². The summed E-state index contributed by atoms with van der Waals surface area (Å²) in [5.41, 5.74) is 8.43. The Balaban J connectivity index is 0.000000810. The van der Waals surface area contributed by atoms with Crippen LogP contribution in [0, 0.1) is 13.8 Å². The largest absolute Gasteiger partial charge is 0.397 e. The zero-order valence-corrected chi connectivity index (χ0v) is 5.68. The van der Waals surface area contributed by atoms with Crippen molar-refractivity contribution < 1.29 is 0 Å². The van der Waals surface area contributed by atoms with Crippen LogP contribution in [0.3, 0.4) is 0 Å². The fraction of sp³-hybridized carbons (Fsp3) is 0.375. The van der Waals surface area contributed by atoms with Gasteiger partial charge in [-0.05, 0) is 25.5 Å². The average molecular weight is 138 g/mol. The molecule has 1 rings (SSSR count). The number of pyridine rings is 1. The van der Waals surface area contributed by atoms with Crippen molar-refractivity contribution in [3.63, 3.8) is 0 Å². The maximum absolute atomic E-state index is 5.62. The zero-order chi connectivity index (χ0) is 6.85. The quantitative estimate of drug-likeness (QED) is 0.594. The number of hydrogen-bond acceptors (Lipinski definition) is 2. The molecule has 2 heteroatoms. The Bertz CT molecular complexity index is 198. The molecule has 0 spiro atoms. The molecule has 0 bridgehead atoms. The molecular formula is C8H14N2. The summed E-state index contributed by atoms with van der Waals surface area (Å²) in [6.07, 6.45) is 1.76. The van der Waals surface area contributed by atoms with E-state index in [1.165, 1.54) is 0 Å². The lowest BCUT2D eigenvalue weighted by atomic mass is 10.2. The first-order chi connectivity index (χ1) is 4.22. The number of nitrogens with zero attached hydrogens (tertiary/aromatic N) is 1. The van der Waals surface area contributed by atoms with Gasteiger partial charge < -0.3 is 5.73 Å². The lowest BCUT2D eigenvalue weighted by Crippen LogP contribution is -1.94. The van der Waals surface area contributed by atoms with Gasteiger partial charge in [0.2, 0.25) is 0 Å². The minimum Gasteiger partial charge on any atom is -0.397 e. The van der Waals surface area contributed by atoms with Crippen molar-refractivity contribution >= 4 is 5.69 Å². The molecule has 0 aliphatic carbocycles. The smallest absolute Gasteiger partial charge is 0.0604 e. The molecular weight excluding hydrogens is 124 g/mol. The molecule has 0 aromatic carbocycles. The van der Waals surface area contributed by atoms with Gasteiger partial charge in [0.25, 0.3) is 0 Å². The van der Waals surface area contributed by atoms with E-state index in [-0.39, 0.29) is 7.43 Å². The summed E-state index contributed by atoms with van der Waals surface area (Å²) < 4.78 is 0. The van der Waals surface area contributed by atoms with Crippen molar-refractivity contribution in [2.45, 2.75) is 21.3 Å². The molecule has 1 aromatic rings. The highest BCUT2D eigenvalue weighted by atomic mass is 14.7. The monoisotopic (exact) mass is 138 g/mol. The number of aryl methyl sites for hydroxylation is 2. The number of anilines is 1. The van der Waals surface area contributed by atoms with Gasteiger partial charge in [0.15, 0.2) is 0 Å². The Morgan fingerprint density at radius 1 is 1.40 bits per heavy atom. The first-order valence-electron chi connectivity index (χ1n) is 2.89. The fourth-order valence-corrected chi connectivity index (χ4v) is 0.706. The summed E-state index contributed by atoms with van der Waals surface area (Å²) in [6, 6.07) is 1.91. The first kappa shape index (κ1) is 8.95. The van der Waals surface area contributed by atoms with Gasteiger partial charge in [0.05, 0.1) is 11.4 Å². The van der Waals surface area contributed by atoms with E-state index in [4.69, 9.17) is 5.73 Å². The lowest BCUT2D eigenvalue weighted by Gasteiger charge is -1.99. The van der Waals surface area contributed by atoms with Crippen LogP contribution in [0.25, 0.3) is 0 Å². The van der Waals surface area contributed by atoms with Crippen LogP contribution < -0.4 is 5.73 Å². The highest BCUT2D eigenvalue weighted by Gasteiger charge is 1.94. The van der Waals surface area contributed by atoms with Gasteiger partial charge in [0.1, 0.15) is 0 Å². The van der Waals surface area contributed by atoms with Crippen molar-refractivity contribution in [1.82, 2.24) is 4.98 Å². The molecule has 2 N–H and O–H groups in total. The van der Waals surface area contributed by atoms with Gasteiger partial charge >= 0.3 is 0 Å². The zero-order valence-electron chi connectivity index (χ0n) is 5.68. The van der Waals surface area contributed by atoms with Crippen molar-refractivity contribution in [3.05, 3.63) is 23.5 Å². The Labute approximate surface area is 62.1 Å². The Hall–Kier alpha value is -1.05. The topological polar surface area (TPSA) is 38.9 Å². The summed E-state index contributed by atoms with van der Waals surface area (Å²) in [4.78, 5) is 4.01. The van der Waals surface area contributed by atoms with Crippen LogP contribution in [-0.4, -0.2) is 4.98 Å². The molecule has 0 fully saturated rings. The Morgan fingerprint density at radius 3 is 2.40 bits per heavy atom. The predicted octanol–water partition coefficient (Wildman–Crippen LogP) is 1.92. The first-order valence-corrected chi connectivity index (χ1v) is 2.89. The van der Waals surface area contributed by atoms with E-state index in [0.29, 0.717) is 0 Å². The maximum atomic E-state index is 5.62. The van der Waals surface area contributed by atoms with Crippen LogP contribution in [0.2, 0.25) is 0 Å². The second kappa shape index (κ2) is 3.20. The normalized spacial score (nSPS) is 8.60. The van der Waals surface area contributed by atoms with E-state index in [1.807, 2.05) is 19.9 Å². The number of nitrogen functional groups attached to an aromatic ring is 1. The van der Waals surface area contributed by atoms with Crippen LogP contribution in [0.4, 0.5) is 5.69 Å². The Kier molecular flexibility index (Phi) is 2.87. The SMILES string of the molecule is C.Cc1ccnc(C)c1N. The standard InChI is InChI=1S/C7H10N2.CH4/c1-5-3-4-9-6(2)7(5)8;/h3-4H,8H2,1-2H3;1H4. The number of aromatic nitrogens is 1. The van der Waals surface area contributed by atoms with Gasteiger partial charge in [-0.2, -0.15) is 0 Å². The molecule has 1 aromatic heterocycles. The summed E-state index contributed by atoms with van der Waals surface area (Å²) in [7, 11) is 0. The number of rotatable bonds is 0. The molecule has 0 saturated carbocycles. The van der Waals surface area contributed by atoms with E-state index in [0.717, 1.165) is 16.9 Å². The van der Waals surface area contributed by atoms with Gasteiger partial charge in [0, 0.05) is 6.20 Å². The molecule has 0 amide bonds. The molecule has 0 aliphatic heterocycles. The summed E-state index contributed by atoms with van der Waals surface area (Å²) in [5, 5.41) is 0. The lowest BCUT2D eigenvalue weighted by molar-refractivity contribution is 1.18. The van der Waals surface area contributed by atoms with Crippen LogP contribution in [0.5, 0.6) is 0 Å². The van der Waals surface area contributed by atoms with E-state index < -0.39 is 0 Å².